The van der Waals surface area contributed by atoms with Crippen LogP contribution in [-0.2, 0) is 0 Å². The van der Waals surface area contributed by atoms with Crippen LogP contribution in [0.4, 0.5) is 5.69 Å². The summed E-state index contributed by atoms with van der Waals surface area (Å²) in [4.78, 5) is 0. The van der Waals surface area contributed by atoms with Gasteiger partial charge < -0.3 is 10.4 Å². The number of aliphatic hydroxyl groups excluding tert-OH is 1. The largest absolute Gasteiger partial charge is 0.396 e. The maximum atomic E-state index is 8.82. The summed E-state index contributed by atoms with van der Waals surface area (Å²) < 4.78 is 0. The van der Waals surface area contributed by atoms with Crippen molar-refractivity contribution in [1.82, 2.24) is 0 Å². The van der Waals surface area contributed by atoms with E-state index in [1.807, 2.05) is 6.07 Å². The number of para-hydroxylation sites is 1. The van der Waals surface area contributed by atoms with Crippen molar-refractivity contribution in [1.29, 1.82) is 0 Å². The zero-order valence-corrected chi connectivity index (χ0v) is 6.96. The van der Waals surface area contributed by atoms with Crippen LogP contribution in [0.2, 0.25) is 0 Å². The van der Waals surface area contributed by atoms with Crippen LogP contribution in [0.3, 0.4) is 0 Å². The third-order valence-corrected chi connectivity index (χ3v) is 2.42. The molecule has 1 aliphatic heterocycles. The van der Waals surface area contributed by atoms with Crippen LogP contribution in [0.15, 0.2) is 24.3 Å². The number of aliphatic hydroxyl groups is 1. The fraction of sp³-hybridized carbons (Fsp3) is 0.400. The van der Waals surface area contributed by atoms with Gasteiger partial charge in [0.05, 0.1) is 0 Å². The van der Waals surface area contributed by atoms with Gasteiger partial charge in [-0.2, -0.15) is 0 Å². The van der Waals surface area contributed by atoms with Gasteiger partial charge in [-0.1, -0.05) is 18.2 Å². The number of fused-ring (bicyclic) bond motifs is 1. The van der Waals surface area contributed by atoms with E-state index in [-0.39, 0.29) is 6.61 Å². The van der Waals surface area contributed by atoms with E-state index >= 15 is 0 Å². The minimum Gasteiger partial charge on any atom is -0.396 e. The van der Waals surface area contributed by atoms with Gasteiger partial charge in [0.1, 0.15) is 0 Å². The number of hydrogen-bond acceptors (Lipinski definition) is 2. The van der Waals surface area contributed by atoms with Crippen molar-refractivity contribution in [3.05, 3.63) is 29.8 Å². The lowest BCUT2D eigenvalue weighted by Gasteiger charge is -2.06. The van der Waals surface area contributed by atoms with Crippen LogP contribution >= 0.6 is 0 Å². The van der Waals surface area contributed by atoms with Crippen molar-refractivity contribution in [2.45, 2.75) is 12.3 Å². The molecule has 0 radical (unpaired) electrons. The van der Waals surface area contributed by atoms with E-state index in [0.29, 0.717) is 5.92 Å². The lowest BCUT2D eigenvalue weighted by atomic mass is 9.99. The third-order valence-electron chi connectivity index (χ3n) is 2.42. The first-order valence-electron chi connectivity index (χ1n) is 4.35. The Balaban J connectivity index is 2.24. The van der Waals surface area contributed by atoms with E-state index in [0.717, 1.165) is 13.0 Å². The van der Waals surface area contributed by atoms with Crippen LogP contribution in [0.1, 0.15) is 17.9 Å². The highest BCUT2D eigenvalue weighted by atomic mass is 16.3. The second-order valence-corrected chi connectivity index (χ2v) is 3.18. The maximum absolute atomic E-state index is 8.82. The number of benzene rings is 1. The molecular weight excluding hydrogens is 150 g/mol. The summed E-state index contributed by atoms with van der Waals surface area (Å²) in [7, 11) is 0. The first-order chi connectivity index (χ1) is 5.92. The molecule has 0 unspecified atom stereocenters. The Morgan fingerprint density at radius 1 is 1.42 bits per heavy atom. The van der Waals surface area contributed by atoms with Gasteiger partial charge in [0.2, 0.25) is 0 Å². The zero-order valence-electron chi connectivity index (χ0n) is 6.96. The molecule has 0 fully saturated rings. The molecule has 2 nitrogen and oxygen atoms in total. The Kier molecular flexibility index (Phi) is 2.00. The van der Waals surface area contributed by atoms with E-state index in [2.05, 4.69) is 23.5 Å². The lowest BCUT2D eigenvalue weighted by molar-refractivity contribution is 0.278. The number of hydrogen-bond donors (Lipinski definition) is 2. The van der Waals surface area contributed by atoms with Gasteiger partial charge in [0.15, 0.2) is 0 Å². The first-order valence-corrected chi connectivity index (χ1v) is 4.35. The highest BCUT2D eigenvalue weighted by Crippen LogP contribution is 2.32. The van der Waals surface area contributed by atoms with Crippen LogP contribution in [0, 0.1) is 0 Å². The van der Waals surface area contributed by atoms with E-state index in [4.69, 9.17) is 5.11 Å². The minimum absolute atomic E-state index is 0.278. The molecule has 2 rings (SSSR count). The SMILES string of the molecule is OCC[C@H]1CNc2ccccc21. The third kappa shape index (κ3) is 1.18. The summed E-state index contributed by atoms with van der Waals surface area (Å²) in [6, 6.07) is 8.31. The Morgan fingerprint density at radius 3 is 3.08 bits per heavy atom. The molecule has 0 saturated carbocycles. The Hall–Kier alpha value is -1.02. The van der Waals surface area contributed by atoms with Crippen LogP contribution in [0.25, 0.3) is 0 Å². The van der Waals surface area contributed by atoms with E-state index < -0.39 is 0 Å². The number of anilines is 1. The molecule has 2 heteroatoms. The smallest absolute Gasteiger partial charge is 0.0437 e. The highest BCUT2D eigenvalue weighted by molar-refractivity contribution is 5.57. The van der Waals surface area contributed by atoms with E-state index in [1.54, 1.807) is 0 Å². The van der Waals surface area contributed by atoms with Gasteiger partial charge in [-0.15, -0.1) is 0 Å². The fourth-order valence-electron chi connectivity index (χ4n) is 1.77. The highest BCUT2D eigenvalue weighted by Gasteiger charge is 2.20. The van der Waals surface area contributed by atoms with Gasteiger partial charge in [-0.3, -0.25) is 0 Å². The van der Waals surface area contributed by atoms with E-state index in [9.17, 15) is 0 Å². The molecule has 0 amide bonds. The van der Waals surface area contributed by atoms with Crippen molar-refractivity contribution in [2.24, 2.45) is 0 Å². The van der Waals surface area contributed by atoms with Crippen LogP contribution in [0.5, 0.6) is 0 Å². The molecule has 2 N–H and O–H groups in total. The average Bonchev–Trinajstić information content (AvgIpc) is 2.50. The molecule has 64 valence electrons. The van der Waals surface area contributed by atoms with Gasteiger partial charge >= 0.3 is 0 Å². The van der Waals surface area contributed by atoms with Crippen molar-refractivity contribution >= 4 is 5.69 Å². The first kappa shape index (κ1) is 7.62. The lowest BCUT2D eigenvalue weighted by Crippen LogP contribution is -2.03. The predicted octanol–water partition coefficient (Wildman–Crippen LogP) is 1.58. The molecule has 1 heterocycles. The molecule has 0 bridgehead atoms. The van der Waals surface area contributed by atoms with Gasteiger partial charge in [0, 0.05) is 24.8 Å². The summed E-state index contributed by atoms with van der Waals surface area (Å²) >= 11 is 0. The Labute approximate surface area is 72.2 Å². The summed E-state index contributed by atoms with van der Waals surface area (Å²) in [6.07, 6.45) is 0.865. The average molecular weight is 163 g/mol. The van der Waals surface area contributed by atoms with Crippen LogP contribution < -0.4 is 5.32 Å². The molecule has 0 spiro atoms. The molecular formula is C10H13NO. The summed E-state index contributed by atoms with van der Waals surface area (Å²) in [5.74, 6) is 0.506. The van der Waals surface area contributed by atoms with Crippen molar-refractivity contribution in [2.75, 3.05) is 18.5 Å². The van der Waals surface area contributed by atoms with Crippen molar-refractivity contribution < 1.29 is 5.11 Å². The molecule has 1 aliphatic rings. The molecule has 1 aromatic rings. The quantitative estimate of drug-likeness (QED) is 0.693. The van der Waals surface area contributed by atoms with Crippen LogP contribution in [-0.4, -0.2) is 18.3 Å². The van der Waals surface area contributed by atoms with Crippen molar-refractivity contribution in [3.63, 3.8) is 0 Å². The Morgan fingerprint density at radius 2 is 2.25 bits per heavy atom. The summed E-state index contributed by atoms with van der Waals surface area (Å²) in [5.41, 5.74) is 2.59. The Bertz CT molecular complexity index is 270. The number of nitrogens with one attached hydrogen (secondary N) is 1. The maximum Gasteiger partial charge on any atom is 0.0437 e. The van der Waals surface area contributed by atoms with Gasteiger partial charge in [0.25, 0.3) is 0 Å². The standard InChI is InChI=1S/C10H13NO/c12-6-5-8-7-11-10-4-2-1-3-9(8)10/h1-4,8,11-12H,5-7H2/t8-/m0/s1. The predicted molar refractivity (Wildman–Crippen MR) is 49.4 cm³/mol. The summed E-state index contributed by atoms with van der Waals surface area (Å²) in [6.45, 7) is 1.25. The topological polar surface area (TPSA) is 32.3 Å². The molecule has 12 heavy (non-hydrogen) atoms. The number of rotatable bonds is 2. The fourth-order valence-corrected chi connectivity index (χ4v) is 1.77. The molecule has 0 aliphatic carbocycles. The second-order valence-electron chi connectivity index (χ2n) is 3.18. The zero-order chi connectivity index (χ0) is 8.39. The molecule has 1 aromatic carbocycles. The minimum atomic E-state index is 0.278. The molecule has 1 atom stereocenters. The van der Waals surface area contributed by atoms with Gasteiger partial charge in [-0.05, 0) is 18.1 Å². The van der Waals surface area contributed by atoms with E-state index in [1.165, 1.54) is 11.3 Å². The molecule has 0 saturated heterocycles. The normalized spacial score (nSPS) is 20.2. The summed E-state index contributed by atoms with van der Waals surface area (Å²) in [5, 5.41) is 12.1. The molecule has 0 aromatic heterocycles. The van der Waals surface area contributed by atoms with Crippen molar-refractivity contribution in [3.8, 4) is 0 Å². The monoisotopic (exact) mass is 163 g/mol. The second kappa shape index (κ2) is 3.15. The van der Waals surface area contributed by atoms with Gasteiger partial charge in [-0.25, -0.2) is 0 Å².